The lowest BCUT2D eigenvalue weighted by molar-refractivity contribution is -0.162. The van der Waals surface area contributed by atoms with E-state index in [0.29, 0.717) is 6.42 Å². The zero-order chi connectivity index (χ0) is 12.7. The molecule has 0 fully saturated rings. The molecule has 0 amide bonds. The second-order valence-electron chi connectivity index (χ2n) is 4.06. The third kappa shape index (κ3) is 5.07. The van der Waals surface area contributed by atoms with Gasteiger partial charge >= 0.3 is 6.18 Å². The van der Waals surface area contributed by atoms with Gasteiger partial charge in [-0.1, -0.05) is 62.2 Å². The molecule has 0 N–H and O–H groups in total. The maximum absolute atomic E-state index is 12.7. The summed E-state index contributed by atoms with van der Waals surface area (Å²) < 4.78 is 38.1. The zero-order valence-corrected chi connectivity index (χ0v) is 9.87. The number of benzene rings is 1. The molecule has 0 spiro atoms. The second-order valence-corrected chi connectivity index (χ2v) is 4.06. The van der Waals surface area contributed by atoms with Crippen molar-refractivity contribution >= 4 is 6.08 Å². The molecule has 17 heavy (non-hydrogen) atoms. The Kier molecular flexibility index (Phi) is 5.26. The van der Waals surface area contributed by atoms with Crippen molar-refractivity contribution in [2.75, 3.05) is 0 Å². The minimum Gasteiger partial charge on any atom is -0.170 e. The fourth-order valence-corrected chi connectivity index (χ4v) is 1.58. The number of rotatable bonds is 5. The number of hydrogen-bond acceptors (Lipinski definition) is 0. The molecule has 0 saturated carbocycles. The fourth-order valence-electron chi connectivity index (χ4n) is 1.58. The van der Waals surface area contributed by atoms with Gasteiger partial charge in [-0.25, -0.2) is 0 Å². The van der Waals surface area contributed by atoms with Crippen molar-refractivity contribution in [2.45, 2.75) is 32.4 Å². The molecule has 1 atom stereocenters. The summed E-state index contributed by atoms with van der Waals surface area (Å²) in [5.41, 5.74) is 0.804. The van der Waals surface area contributed by atoms with E-state index in [1.165, 1.54) is 6.08 Å². The first-order valence-electron chi connectivity index (χ1n) is 5.84. The van der Waals surface area contributed by atoms with Crippen LogP contribution in [0.5, 0.6) is 0 Å². The van der Waals surface area contributed by atoms with Crippen LogP contribution in [0.25, 0.3) is 6.08 Å². The molecular weight excluding hydrogens is 225 g/mol. The molecule has 1 rings (SSSR count). The van der Waals surface area contributed by atoms with Crippen LogP contribution < -0.4 is 0 Å². The SMILES string of the molecule is CCCCC(/C=C/c1ccccc1)C(F)(F)F. The number of allylic oxidation sites excluding steroid dienone is 1. The first kappa shape index (κ1) is 13.8. The zero-order valence-electron chi connectivity index (χ0n) is 9.87. The molecule has 0 saturated heterocycles. The maximum atomic E-state index is 12.7. The third-order valence-electron chi connectivity index (χ3n) is 2.61. The van der Waals surface area contributed by atoms with Crippen molar-refractivity contribution in [1.29, 1.82) is 0 Å². The molecule has 0 bridgehead atoms. The molecule has 0 radical (unpaired) electrons. The van der Waals surface area contributed by atoms with Crippen molar-refractivity contribution in [1.82, 2.24) is 0 Å². The summed E-state index contributed by atoms with van der Waals surface area (Å²) in [6, 6.07) is 9.06. The molecule has 0 aliphatic rings. The smallest absolute Gasteiger partial charge is 0.170 e. The van der Waals surface area contributed by atoms with Gasteiger partial charge in [-0.3, -0.25) is 0 Å². The predicted octanol–water partition coefficient (Wildman–Crippen LogP) is 5.07. The van der Waals surface area contributed by atoms with Gasteiger partial charge in [0.15, 0.2) is 0 Å². The van der Waals surface area contributed by atoms with E-state index in [1.807, 2.05) is 25.1 Å². The van der Waals surface area contributed by atoms with Gasteiger partial charge in [-0.05, 0) is 12.0 Å². The molecule has 1 unspecified atom stereocenters. The van der Waals surface area contributed by atoms with Gasteiger partial charge in [0.25, 0.3) is 0 Å². The maximum Gasteiger partial charge on any atom is 0.395 e. The highest BCUT2D eigenvalue weighted by Gasteiger charge is 2.36. The fraction of sp³-hybridized carbons (Fsp3) is 0.429. The van der Waals surface area contributed by atoms with Crippen molar-refractivity contribution in [3.63, 3.8) is 0 Å². The summed E-state index contributed by atoms with van der Waals surface area (Å²) in [5.74, 6) is -1.33. The monoisotopic (exact) mass is 242 g/mol. The van der Waals surface area contributed by atoms with Gasteiger partial charge in [0.05, 0.1) is 5.92 Å². The Labute approximate surface area is 100 Å². The van der Waals surface area contributed by atoms with E-state index in [0.717, 1.165) is 12.0 Å². The lowest BCUT2D eigenvalue weighted by Crippen LogP contribution is -2.20. The molecule has 0 aliphatic carbocycles. The van der Waals surface area contributed by atoms with Crippen LogP contribution in [-0.2, 0) is 0 Å². The first-order valence-corrected chi connectivity index (χ1v) is 5.84. The highest BCUT2D eigenvalue weighted by atomic mass is 19.4. The Morgan fingerprint density at radius 3 is 2.35 bits per heavy atom. The lowest BCUT2D eigenvalue weighted by Gasteiger charge is -2.16. The van der Waals surface area contributed by atoms with Crippen molar-refractivity contribution in [2.24, 2.45) is 5.92 Å². The summed E-state index contributed by atoms with van der Waals surface area (Å²) in [7, 11) is 0. The van der Waals surface area contributed by atoms with E-state index >= 15 is 0 Å². The summed E-state index contributed by atoms with van der Waals surface area (Å²) in [6.07, 6.45) is 0.234. The Morgan fingerprint density at radius 1 is 1.18 bits per heavy atom. The van der Waals surface area contributed by atoms with Crippen LogP contribution in [0.4, 0.5) is 13.2 Å². The molecule has 0 aromatic heterocycles. The minimum absolute atomic E-state index is 0.170. The van der Waals surface area contributed by atoms with E-state index in [4.69, 9.17) is 0 Å². The quantitative estimate of drug-likeness (QED) is 0.676. The predicted molar refractivity (Wildman–Crippen MR) is 64.5 cm³/mol. The molecule has 1 aromatic carbocycles. The molecular formula is C14H17F3. The molecule has 0 nitrogen and oxygen atoms in total. The van der Waals surface area contributed by atoms with Gasteiger partial charge in [-0.2, -0.15) is 13.2 Å². The summed E-state index contributed by atoms with van der Waals surface area (Å²) in [4.78, 5) is 0. The van der Waals surface area contributed by atoms with E-state index in [-0.39, 0.29) is 6.42 Å². The topological polar surface area (TPSA) is 0 Å². The van der Waals surface area contributed by atoms with Gasteiger partial charge in [-0.15, -0.1) is 0 Å². The standard InChI is InChI=1S/C14H17F3/c1-2-3-9-13(14(15,16)17)11-10-12-7-5-4-6-8-12/h4-8,10-11,13H,2-3,9H2,1H3/b11-10+. The summed E-state index contributed by atoms with van der Waals surface area (Å²) >= 11 is 0. The normalized spacial score (nSPS) is 14.1. The molecule has 3 heteroatoms. The van der Waals surface area contributed by atoms with Crippen molar-refractivity contribution in [3.8, 4) is 0 Å². The van der Waals surface area contributed by atoms with E-state index in [9.17, 15) is 13.2 Å². The number of unbranched alkanes of at least 4 members (excludes halogenated alkanes) is 1. The third-order valence-corrected chi connectivity index (χ3v) is 2.61. The summed E-state index contributed by atoms with van der Waals surface area (Å²) in [5, 5.41) is 0. The van der Waals surface area contributed by atoms with Gasteiger partial charge in [0.2, 0.25) is 0 Å². The van der Waals surface area contributed by atoms with E-state index in [1.54, 1.807) is 18.2 Å². The first-order chi connectivity index (χ1) is 8.04. The second kappa shape index (κ2) is 6.48. The average Bonchev–Trinajstić information content (AvgIpc) is 2.29. The molecule has 0 heterocycles. The highest BCUT2D eigenvalue weighted by molar-refractivity contribution is 5.49. The Hall–Kier alpha value is -1.25. The Morgan fingerprint density at radius 2 is 1.82 bits per heavy atom. The van der Waals surface area contributed by atoms with Crippen LogP contribution >= 0.6 is 0 Å². The average molecular weight is 242 g/mol. The van der Waals surface area contributed by atoms with Gasteiger partial charge in [0.1, 0.15) is 0 Å². The lowest BCUT2D eigenvalue weighted by atomic mass is 10.00. The van der Waals surface area contributed by atoms with E-state index in [2.05, 4.69) is 0 Å². The molecule has 0 aliphatic heterocycles. The molecule has 94 valence electrons. The number of hydrogen-bond donors (Lipinski definition) is 0. The van der Waals surface area contributed by atoms with Crippen LogP contribution in [0.2, 0.25) is 0 Å². The van der Waals surface area contributed by atoms with Crippen LogP contribution in [0.15, 0.2) is 36.4 Å². The number of alkyl halides is 3. The molecule has 1 aromatic rings. The Balaban J connectivity index is 2.69. The largest absolute Gasteiger partial charge is 0.395 e. The van der Waals surface area contributed by atoms with Crippen LogP contribution in [0.1, 0.15) is 31.7 Å². The summed E-state index contributed by atoms with van der Waals surface area (Å²) in [6.45, 7) is 1.90. The van der Waals surface area contributed by atoms with Crippen LogP contribution in [-0.4, -0.2) is 6.18 Å². The van der Waals surface area contributed by atoms with Crippen LogP contribution in [0.3, 0.4) is 0 Å². The van der Waals surface area contributed by atoms with Gasteiger partial charge < -0.3 is 0 Å². The van der Waals surface area contributed by atoms with E-state index < -0.39 is 12.1 Å². The number of halogens is 3. The van der Waals surface area contributed by atoms with Crippen molar-refractivity contribution in [3.05, 3.63) is 42.0 Å². The van der Waals surface area contributed by atoms with Gasteiger partial charge in [0, 0.05) is 0 Å². The minimum atomic E-state index is -4.14. The van der Waals surface area contributed by atoms with Crippen molar-refractivity contribution < 1.29 is 13.2 Å². The highest BCUT2D eigenvalue weighted by Crippen LogP contribution is 2.31. The Bertz CT molecular complexity index is 338. The van der Waals surface area contributed by atoms with Crippen LogP contribution in [0, 0.1) is 5.92 Å².